The summed E-state index contributed by atoms with van der Waals surface area (Å²) in [5.74, 6) is 0.497. The van der Waals surface area contributed by atoms with Gasteiger partial charge in [0.1, 0.15) is 5.52 Å². The molecule has 1 heterocycles. The fraction of sp³-hybridized carbons (Fsp3) is 0.318. The number of aryl methyl sites for hydroxylation is 1. The van der Waals surface area contributed by atoms with Crippen molar-refractivity contribution in [3.8, 4) is 0 Å². The van der Waals surface area contributed by atoms with E-state index >= 15 is 0 Å². The van der Waals surface area contributed by atoms with Gasteiger partial charge in [0.15, 0.2) is 11.5 Å². The zero-order chi connectivity index (χ0) is 20.3. The van der Waals surface area contributed by atoms with Crippen LogP contribution in [0.3, 0.4) is 0 Å². The molecule has 0 radical (unpaired) electrons. The SMILES string of the molecule is CC(=O)NC(CC(=O)Nc1ccc2oc(C(C)C)nc2c1)c1ccc(C)cc1. The fourth-order valence-electron chi connectivity index (χ4n) is 2.96. The summed E-state index contributed by atoms with van der Waals surface area (Å²) in [6, 6.07) is 12.8. The molecule has 0 bridgehead atoms. The minimum atomic E-state index is -0.388. The molecule has 3 aromatic rings. The molecule has 2 amide bonds. The first-order chi connectivity index (χ1) is 13.3. The highest BCUT2D eigenvalue weighted by molar-refractivity contribution is 5.93. The summed E-state index contributed by atoms with van der Waals surface area (Å²) in [4.78, 5) is 28.6. The molecule has 0 aliphatic carbocycles. The highest BCUT2D eigenvalue weighted by Crippen LogP contribution is 2.24. The summed E-state index contributed by atoms with van der Waals surface area (Å²) in [5, 5.41) is 5.74. The number of nitrogens with one attached hydrogen (secondary N) is 2. The molecule has 0 fully saturated rings. The van der Waals surface area contributed by atoms with E-state index in [0.717, 1.165) is 11.1 Å². The van der Waals surface area contributed by atoms with Crippen LogP contribution in [-0.2, 0) is 9.59 Å². The molecule has 2 N–H and O–H groups in total. The summed E-state index contributed by atoms with van der Waals surface area (Å²) in [7, 11) is 0. The minimum absolute atomic E-state index is 0.136. The molecule has 0 aliphatic heterocycles. The van der Waals surface area contributed by atoms with Crippen molar-refractivity contribution in [2.45, 2.75) is 46.1 Å². The van der Waals surface area contributed by atoms with Gasteiger partial charge >= 0.3 is 0 Å². The van der Waals surface area contributed by atoms with Crippen LogP contribution in [0.5, 0.6) is 0 Å². The largest absolute Gasteiger partial charge is 0.440 e. The van der Waals surface area contributed by atoms with Crippen LogP contribution in [-0.4, -0.2) is 16.8 Å². The number of benzene rings is 2. The molecule has 3 rings (SSSR count). The van der Waals surface area contributed by atoms with Crippen LogP contribution in [0.25, 0.3) is 11.1 Å². The average Bonchev–Trinajstić information content (AvgIpc) is 3.05. The van der Waals surface area contributed by atoms with Crippen molar-refractivity contribution in [3.63, 3.8) is 0 Å². The van der Waals surface area contributed by atoms with Gasteiger partial charge < -0.3 is 15.1 Å². The number of carbonyl (C=O) groups is 2. The predicted molar refractivity (Wildman–Crippen MR) is 109 cm³/mol. The van der Waals surface area contributed by atoms with Gasteiger partial charge in [0, 0.05) is 18.5 Å². The van der Waals surface area contributed by atoms with Gasteiger partial charge in [-0.1, -0.05) is 43.7 Å². The second kappa shape index (κ2) is 8.25. The van der Waals surface area contributed by atoms with Crippen molar-refractivity contribution in [2.24, 2.45) is 0 Å². The Hall–Kier alpha value is -3.15. The second-order valence-electron chi connectivity index (χ2n) is 7.31. The smallest absolute Gasteiger partial charge is 0.226 e. The number of anilines is 1. The van der Waals surface area contributed by atoms with E-state index in [9.17, 15) is 9.59 Å². The van der Waals surface area contributed by atoms with Gasteiger partial charge in [0.25, 0.3) is 0 Å². The Kier molecular flexibility index (Phi) is 5.78. The molecule has 0 aliphatic rings. The Labute approximate surface area is 164 Å². The van der Waals surface area contributed by atoms with E-state index in [0.29, 0.717) is 22.7 Å². The van der Waals surface area contributed by atoms with Gasteiger partial charge in [-0.15, -0.1) is 0 Å². The molecule has 0 spiro atoms. The number of amides is 2. The predicted octanol–water partition coefficient (Wildman–Crippen LogP) is 4.47. The van der Waals surface area contributed by atoms with Crippen molar-refractivity contribution >= 4 is 28.6 Å². The topological polar surface area (TPSA) is 84.2 Å². The van der Waals surface area contributed by atoms with E-state index in [2.05, 4.69) is 15.6 Å². The average molecular weight is 379 g/mol. The van der Waals surface area contributed by atoms with Crippen molar-refractivity contribution in [2.75, 3.05) is 5.32 Å². The molecular formula is C22H25N3O3. The van der Waals surface area contributed by atoms with Crippen LogP contribution in [0.4, 0.5) is 5.69 Å². The van der Waals surface area contributed by atoms with E-state index in [4.69, 9.17) is 4.42 Å². The van der Waals surface area contributed by atoms with Crippen molar-refractivity contribution in [3.05, 3.63) is 59.5 Å². The van der Waals surface area contributed by atoms with Gasteiger partial charge in [-0.05, 0) is 30.7 Å². The summed E-state index contributed by atoms with van der Waals surface area (Å²) in [6.07, 6.45) is 0.136. The van der Waals surface area contributed by atoms with Gasteiger partial charge in [-0.3, -0.25) is 9.59 Å². The van der Waals surface area contributed by atoms with Crippen LogP contribution in [0, 0.1) is 6.92 Å². The van der Waals surface area contributed by atoms with Crippen LogP contribution in [0.1, 0.15) is 56.2 Å². The molecule has 1 atom stereocenters. The molecule has 0 saturated carbocycles. The molecule has 6 nitrogen and oxygen atoms in total. The molecule has 0 saturated heterocycles. The highest BCUT2D eigenvalue weighted by Gasteiger charge is 2.18. The quantitative estimate of drug-likeness (QED) is 0.662. The third-order valence-corrected chi connectivity index (χ3v) is 4.43. The molecule has 1 aromatic heterocycles. The third-order valence-electron chi connectivity index (χ3n) is 4.43. The molecule has 6 heteroatoms. The zero-order valence-corrected chi connectivity index (χ0v) is 16.6. The molecule has 2 aromatic carbocycles. The lowest BCUT2D eigenvalue weighted by atomic mass is 10.0. The number of carbonyl (C=O) groups excluding carboxylic acids is 2. The van der Waals surface area contributed by atoms with Crippen LogP contribution < -0.4 is 10.6 Å². The Balaban J connectivity index is 1.74. The molecule has 1 unspecified atom stereocenters. The first-order valence-corrected chi connectivity index (χ1v) is 9.36. The van der Waals surface area contributed by atoms with Gasteiger partial charge in [0.2, 0.25) is 11.8 Å². The summed E-state index contributed by atoms with van der Waals surface area (Å²) in [6.45, 7) is 7.47. The lowest BCUT2D eigenvalue weighted by Gasteiger charge is -2.18. The van der Waals surface area contributed by atoms with E-state index in [-0.39, 0.29) is 30.2 Å². The number of hydrogen-bond donors (Lipinski definition) is 2. The maximum absolute atomic E-state index is 12.6. The summed E-state index contributed by atoms with van der Waals surface area (Å²) in [5.41, 5.74) is 4.06. The van der Waals surface area contributed by atoms with Crippen molar-refractivity contribution in [1.29, 1.82) is 0 Å². The van der Waals surface area contributed by atoms with E-state index in [1.807, 2.05) is 45.0 Å². The fourth-order valence-corrected chi connectivity index (χ4v) is 2.96. The number of oxazole rings is 1. The normalized spacial score (nSPS) is 12.2. The van der Waals surface area contributed by atoms with Crippen molar-refractivity contribution < 1.29 is 14.0 Å². The Morgan fingerprint density at radius 3 is 2.46 bits per heavy atom. The minimum Gasteiger partial charge on any atom is -0.440 e. The summed E-state index contributed by atoms with van der Waals surface area (Å²) >= 11 is 0. The monoisotopic (exact) mass is 379 g/mol. The summed E-state index contributed by atoms with van der Waals surface area (Å²) < 4.78 is 5.69. The van der Waals surface area contributed by atoms with Crippen LogP contribution >= 0.6 is 0 Å². The zero-order valence-electron chi connectivity index (χ0n) is 16.6. The van der Waals surface area contributed by atoms with Crippen LogP contribution in [0.15, 0.2) is 46.9 Å². The first kappa shape index (κ1) is 19.6. The van der Waals surface area contributed by atoms with Gasteiger partial charge in [0.05, 0.1) is 12.5 Å². The Morgan fingerprint density at radius 1 is 1.11 bits per heavy atom. The first-order valence-electron chi connectivity index (χ1n) is 9.36. The van der Waals surface area contributed by atoms with Gasteiger partial charge in [-0.2, -0.15) is 0 Å². The molecular weight excluding hydrogens is 354 g/mol. The molecule has 28 heavy (non-hydrogen) atoms. The lowest BCUT2D eigenvalue weighted by molar-refractivity contribution is -0.120. The van der Waals surface area contributed by atoms with E-state index in [1.54, 1.807) is 18.2 Å². The highest BCUT2D eigenvalue weighted by atomic mass is 16.3. The number of hydrogen-bond acceptors (Lipinski definition) is 4. The second-order valence-corrected chi connectivity index (χ2v) is 7.31. The maximum Gasteiger partial charge on any atom is 0.226 e. The van der Waals surface area contributed by atoms with Crippen molar-refractivity contribution in [1.82, 2.24) is 10.3 Å². The Bertz CT molecular complexity index is 990. The number of fused-ring (bicyclic) bond motifs is 1. The lowest BCUT2D eigenvalue weighted by Crippen LogP contribution is -2.29. The third kappa shape index (κ3) is 4.76. The standard InChI is InChI=1S/C22H25N3O3/c1-13(2)22-25-19-11-17(9-10-20(19)28-22)24-21(27)12-18(23-15(4)26)16-7-5-14(3)6-8-16/h5-11,13,18H,12H2,1-4H3,(H,23,26)(H,24,27). The number of nitrogens with zero attached hydrogens (tertiary/aromatic N) is 1. The number of aromatic nitrogens is 1. The maximum atomic E-state index is 12.6. The van der Waals surface area contributed by atoms with E-state index < -0.39 is 0 Å². The van der Waals surface area contributed by atoms with Gasteiger partial charge in [-0.25, -0.2) is 4.98 Å². The Morgan fingerprint density at radius 2 is 1.82 bits per heavy atom. The molecule has 146 valence electrons. The van der Waals surface area contributed by atoms with E-state index in [1.165, 1.54) is 6.92 Å². The number of rotatable bonds is 6. The van der Waals surface area contributed by atoms with Crippen LogP contribution in [0.2, 0.25) is 0 Å².